The van der Waals surface area contributed by atoms with E-state index in [1.54, 1.807) is 0 Å². The number of hydrogen-bond donors (Lipinski definition) is 4. The molecular weight excluding hydrogens is 382 g/mol. The van der Waals surface area contributed by atoms with Crippen molar-refractivity contribution in [2.24, 2.45) is 0 Å². The monoisotopic (exact) mass is 390 g/mol. The van der Waals surface area contributed by atoms with Crippen LogP contribution in [0.15, 0.2) is 0 Å². The van der Waals surface area contributed by atoms with Gasteiger partial charge in [-0.25, -0.2) is 0 Å². The van der Waals surface area contributed by atoms with Crippen molar-refractivity contribution in [2.75, 3.05) is 22.9 Å². The molecule has 0 aliphatic carbocycles. The Labute approximate surface area is 97.3 Å². The summed E-state index contributed by atoms with van der Waals surface area (Å²) < 4.78 is 1.45. The Balaban J connectivity index is 3.60. The van der Waals surface area contributed by atoms with Crippen LogP contribution in [0.1, 0.15) is 0 Å². The molecule has 0 spiro atoms. The zero-order valence-corrected chi connectivity index (χ0v) is 10.4. The highest BCUT2D eigenvalue weighted by Gasteiger charge is 2.13. The minimum Gasteiger partial charge on any atom is -0.396 e. The molecule has 0 saturated heterocycles. The van der Waals surface area contributed by atoms with Gasteiger partial charge >= 0.3 is 0 Å². The molecule has 6 heteroatoms. The average molecular weight is 390 g/mol. The zero-order chi connectivity index (χ0) is 9.46. The molecule has 0 aliphatic heterocycles. The fourth-order valence-corrected chi connectivity index (χ4v) is 1.93. The van der Waals surface area contributed by atoms with Crippen LogP contribution in [0.25, 0.3) is 0 Å². The second kappa shape index (κ2) is 3.32. The molecule has 0 radical (unpaired) electrons. The predicted octanol–water partition coefficient (Wildman–Crippen LogP) is 1.22. The van der Waals surface area contributed by atoms with Gasteiger partial charge in [0.25, 0.3) is 0 Å². The Morgan fingerprint density at radius 2 is 0.750 bits per heavy atom. The van der Waals surface area contributed by atoms with E-state index in [9.17, 15) is 0 Å². The largest absolute Gasteiger partial charge is 0.396 e. The summed E-state index contributed by atoms with van der Waals surface area (Å²) in [6, 6.07) is 0. The summed E-state index contributed by atoms with van der Waals surface area (Å²) in [6.07, 6.45) is 0. The number of benzene rings is 1. The zero-order valence-electron chi connectivity index (χ0n) is 6.07. The lowest BCUT2D eigenvalue weighted by Gasteiger charge is -2.11. The second-order valence-corrected chi connectivity index (χ2v) is 4.44. The van der Waals surface area contributed by atoms with E-state index in [1.165, 1.54) is 0 Å². The average Bonchev–Trinajstić information content (AvgIpc) is 2.08. The highest BCUT2D eigenvalue weighted by atomic mass is 127. The van der Waals surface area contributed by atoms with Crippen molar-refractivity contribution in [1.29, 1.82) is 0 Å². The lowest BCUT2D eigenvalue weighted by atomic mass is 10.2. The van der Waals surface area contributed by atoms with Crippen molar-refractivity contribution >= 4 is 67.9 Å². The minimum absolute atomic E-state index is 0.506. The van der Waals surface area contributed by atoms with Gasteiger partial charge in [0.2, 0.25) is 0 Å². The van der Waals surface area contributed by atoms with Crippen LogP contribution in [-0.2, 0) is 0 Å². The maximum atomic E-state index is 5.68. The Morgan fingerprint density at radius 1 is 0.583 bits per heavy atom. The Morgan fingerprint density at radius 3 is 0.917 bits per heavy atom. The van der Waals surface area contributed by atoms with Gasteiger partial charge < -0.3 is 22.9 Å². The third kappa shape index (κ3) is 1.37. The molecule has 12 heavy (non-hydrogen) atoms. The SMILES string of the molecule is Nc1c(N)c(I)c(N)c(N)c1I. The number of anilines is 4. The van der Waals surface area contributed by atoms with Gasteiger partial charge in [-0.2, -0.15) is 0 Å². The predicted molar refractivity (Wildman–Crippen MR) is 69.5 cm³/mol. The topological polar surface area (TPSA) is 104 Å². The van der Waals surface area contributed by atoms with Crippen molar-refractivity contribution < 1.29 is 0 Å². The number of rotatable bonds is 0. The third-order valence-electron chi connectivity index (χ3n) is 1.53. The molecule has 0 saturated carbocycles. The number of nitrogens with two attached hydrogens (primary N) is 4. The van der Waals surface area contributed by atoms with Crippen LogP contribution in [0.5, 0.6) is 0 Å². The first kappa shape index (κ1) is 9.96. The summed E-state index contributed by atoms with van der Waals surface area (Å²) in [7, 11) is 0. The number of nitrogen functional groups attached to an aromatic ring is 4. The molecule has 1 aromatic carbocycles. The van der Waals surface area contributed by atoms with Gasteiger partial charge in [-0.15, -0.1) is 0 Å². The summed E-state index contributed by atoms with van der Waals surface area (Å²) in [5, 5.41) is 0. The fourth-order valence-electron chi connectivity index (χ4n) is 0.763. The summed E-state index contributed by atoms with van der Waals surface area (Å²) in [5.41, 5.74) is 24.7. The van der Waals surface area contributed by atoms with E-state index in [-0.39, 0.29) is 0 Å². The Hall–Kier alpha value is -0.120. The Kier molecular flexibility index (Phi) is 2.76. The van der Waals surface area contributed by atoms with Crippen molar-refractivity contribution in [1.82, 2.24) is 0 Å². The summed E-state index contributed by atoms with van der Waals surface area (Å²) in [4.78, 5) is 0. The molecule has 8 N–H and O–H groups in total. The fraction of sp³-hybridized carbons (Fsp3) is 0. The van der Waals surface area contributed by atoms with E-state index in [2.05, 4.69) is 0 Å². The molecule has 4 nitrogen and oxygen atoms in total. The lowest BCUT2D eigenvalue weighted by Crippen LogP contribution is -2.07. The first-order chi connectivity index (χ1) is 5.46. The molecular formula is C6H8I2N4. The van der Waals surface area contributed by atoms with Crippen molar-refractivity contribution in [2.45, 2.75) is 0 Å². The third-order valence-corrected chi connectivity index (χ3v) is 3.85. The molecule has 0 atom stereocenters. The smallest absolute Gasteiger partial charge is 0.0717 e. The molecule has 0 unspecified atom stereocenters. The molecule has 0 aliphatic rings. The van der Waals surface area contributed by atoms with Crippen LogP contribution in [0.4, 0.5) is 22.7 Å². The summed E-state index contributed by atoms with van der Waals surface area (Å²) in [6.45, 7) is 0. The van der Waals surface area contributed by atoms with E-state index in [0.29, 0.717) is 22.7 Å². The first-order valence-corrected chi connectivity index (χ1v) is 5.19. The van der Waals surface area contributed by atoms with Crippen LogP contribution >= 0.6 is 45.2 Å². The van der Waals surface area contributed by atoms with Gasteiger partial charge in [0.15, 0.2) is 0 Å². The first-order valence-electron chi connectivity index (χ1n) is 3.03. The van der Waals surface area contributed by atoms with Crippen LogP contribution < -0.4 is 22.9 Å². The summed E-state index contributed by atoms with van der Waals surface area (Å²) in [5.74, 6) is 0. The Bertz CT molecular complexity index is 232. The van der Waals surface area contributed by atoms with E-state index in [0.717, 1.165) is 7.14 Å². The molecule has 0 heterocycles. The van der Waals surface area contributed by atoms with Gasteiger partial charge in [0, 0.05) is 0 Å². The standard InChI is InChI=1S/C6H8I2N4/c7-1-3(9)5(11)2(8)6(12)4(1)10/h9-12H2. The van der Waals surface area contributed by atoms with Crippen LogP contribution in [0.2, 0.25) is 0 Å². The van der Waals surface area contributed by atoms with Gasteiger partial charge in [-0.1, -0.05) is 0 Å². The lowest BCUT2D eigenvalue weighted by molar-refractivity contribution is 1.56. The maximum Gasteiger partial charge on any atom is 0.0717 e. The molecule has 0 aromatic heterocycles. The summed E-state index contributed by atoms with van der Waals surface area (Å²) >= 11 is 4.05. The van der Waals surface area contributed by atoms with E-state index in [1.807, 2.05) is 45.2 Å². The van der Waals surface area contributed by atoms with Gasteiger partial charge in [-0.3, -0.25) is 0 Å². The van der Waals surface area contributed by atoms with Gasteiger partial charge in [-0.05, 0) is 45.2 Å². The molecule has 0 amide bonds. The minimum atomic E-state index is 0.506. The van der Waals surface area contributed by atoms with Crippen molar-refractivity contribution in [3.8, 4) is 0 Å². The highest BCUT2D eigenvalue weighted by Crippen LogP contribution is 2.37. The quantitative estimate of drug-likeness (QED) is 0.395. The van der Waals surface area contributed by atoms with E-state index in [4.69, 9.17) is 22.9 Å². The van der Waals surface area contributed by atoms with Gasteiger partial charge in [0.05, 0.1) is 29.9 Å². The second-order valence-electron chi connectivity index (χ2n) is 2.28. The maximum absolute atomic E-state index is 5.68. The number of halogens is 2. The van der Waals surface area contributed by atoms with Crippen LogP contribution in [0.3, 0.4) is 0 Å². The molecule has 1 aromatic rings. The highest BCUT2D eigenvalue weighted by molar-refractivity contribution is 14.1. The number of hydrogen-bond acceptors (Lipinski definition) is 4. The molecule has 66 valence electrons. The molecule has 0 bridgehead atoms. The molecule has 1 rings (SSSR count). The van der Waals surface area contributed by atoms with Gasteiger partial charge in [0.1, 0.15) is 0 Å². The van der Waals surface area contributed by atoms with Crippen molar-refractivity contribution in [3.63, 3.8) is 0 Å². The van der Waals surface area contributed by atoms with Crippen LogP contribution in [-0.4, -0.2) is 0 Å². The van der Waals surface area contributed by atoms with E-state index < -0.39 is 0 Å². The van der Waals surface area contributed by atoms with E-state index >= 15 is 0 Å². The van der Waals surface area contributed by atoms with Crippen molar-refractivity contribution in [3.05, 3.63) is 7.14 Å². The van der Waals surface area contributed by atoms with Crippen LogP contribution in [0, 0.1) is 7.14 Å². The molecule has 0 fully saturated rings. The normalized spacial score (nSPS) is 10.2.